The third kappa shape index (κ3) is 2.83. The predicted octanol–water partition coefficient (Wildman–Crippen LogP) is 2.50. The van der Waals surface area contributed by atoms with E-state index in [1.165, 1.54) is 0 Å². The summed E-state index contributed by atoms with van der Waals surface area (Å²) in [5.41, 5.74) is 0. The summed E-state index contributed by atoms with van der Waals surface area (Å²) >= 11 is 7.45. The van der Waals surface area contributed by atoms with Crippen molar-refractivity contribution >= 4 is 28.1 Å². The second-order valence-corrected chi connectivity index (χ2v) is 5.08. The molecule has 5 heteroatoms. The zero-order valence-corrected chi connectivity index (χ0v) is 10.4. The quantitative estimate of drug-likeness (QED) is 0.750. The summed E-state index contributed by atoms with van der Waals surface area (Å²) in [7, 11) is 0. The summed E-state index contributed by atoms with van der Waals surface area (Å²) in [6.07, 6.45) is 3.22. The van der Waals surface area contributed by atoms with E-state index in [1.807, 2.05) is 6.20 Å². The highest BCUT2D eigenvalue weighted by molar-refractivity contribution is 7.15. The van der Waals surface area contributed by atoms with Crippen LogP contribution >= 0.6 is 22.9 Å². The van der Waals surface area contributed by atoms with Crippen molar-refractivity contribution in [3.63, 3.8) is 0 Å². The van der Waals surface area contributed by atoms with E-state index in [-0.39, 0.29) is 6.10 Å². The number of thiazole rings is 1. The van der Waals surface area contributed by atoms with Crippen LogP contribution in [0.5, 0.6) is 0 Å². The van der Waals surface area contributed by atoms with Gasteiger partial charge in [-0.15, -0.1) is 22.9 Å². The number of hydrogen-bond donors (Lipinski definition) is 0. The number of halogens is 1. The molecule has 0 bridgehead atoms. The van der Waals surface area contributed by atoms with Crippen molar-refractivity contribution in [3.8, 4) is 0 Å². The molecule has 1 atom stereocenters. The molecule has 1 saturated heterocycles. The maximum absolute atomic E-state index is 5.77. The minimum atomic E-state index is 0.288. The summed E-state index contributed by atoms with van der Waals surface area (Å²) in [5.74, 6) is 0.553. The van der Waals surface area contributed by atoms with Crippen molar-refractivity contribution in [2.75, 3.05) is 24.6 Å². The number of anilines is 1. The van der Waals surface area contributed by atoms with Gasteiger partial charge in [-0.3, -0.25) is 0 Å². The zero-order chi connectivity index (χ0) is 10.7. The Labute approximate surface area is 99.0 Å². The molecule has 0 radical (unpaired) electrons. The van der Waals surface area contributed by atoms with Crippen LogP contribution in [-0.2, 0) is 10.6 Å². The van der Waals surface area contributed by atoms with Gasteiger partial charge in [-0.2, -0.15) is 0 Å². The standard InChI is InChI=1S/C10H15ClN2OS/c1-8-7-13(3-2-4-14-8)10-12-6-9(5-11)15-10/h6,8H,2-5,7H2,1H3. The average Bonchev–Trinajstić information content (AvgIpc) is 2.61. The smallest absolute Gasteiger partial charge is 0.185 e. The van der Waals surface area contributed by atoms with Gasteiger partial charge in [-0.25, -0.2) is 4.98 Å². The molecular weight excluding hydrogens is 232 g/mol. The number of aromatic nitrogens is 1. The summed E-state index contributed by atoms with van der Waals surface area (Å²) in [5, 5.41) is 1.07. The molecule has 1 fully saturated rings. The summed E-state index contributed by atoms with van der Waals surface area (Å²) < 4.78 is 5.60. The highest BCUT2D eigenvalue weighted by Crippen LogP contribution is 2.25. The average molecular weight is 247 g/mol. The molecule has 84 valence electrons. The van der Waals surface area contributed by atoms with Crippen LogP contribution in [0.15, 0.2) is 6.20 Å². The molecule has 2 rings (SSSR count). The molecule has 1 aliphatic heterocycles. The molecule has 1 aliphatic rings. The van der Waals surface area contributed by atoms with Crippen molar-refractivity contribution in [2.45, 2.75) is 25.3 Å². The Hall–Kier alpha value is -0.320. The largest absolute Gasteiger partial charge is 0.377 e. The second kappa shape index (κ2) is 5.14. The van der Waals surface area contributed by atoms with E-state index in [4.69, 9.17) is 16.3 Å². The fourth-order valence-electron chi connectivity index (χ4n) is 1.67. The van der Waals surface area contributed by atoms with Gasteiger partial charge in [0.05, 0.1) is 12.0 Å². The minimum absolute atomic E-state index is 0.288. The monoisotopic (exact) mass is 246 g/mol. The Bertz CT molecular complexity index is 318. The summed E-state index contributed by atoms with van der Waals surface area (Å²) in [6.45, 7) is 4.91. The molecule has 0 N–H and O–H groups in total. The third-order valence-electron chi connectivity index (χ3n) is 2.40. The van der Waals surface area contributed by atoms with Crippen LogP contribution in [0.25, 0.3) is 0 Å². The molecule has 3 nitrogen and oxygen atoms in total. The van der Waals surface area contributed by atoms with Crippen molar-refractivity contribution < 1.29 is 4.74 Å². The molecule has 0 amide bonds. The van der Waals surface area contributed by atoms with Crippen LogP contribution in [0.2, 0.25) is 0 Å². The molecule has 15 heavy (non-hydrogen) atoms. The van der Waals surface area contributed by atoms with E-state index in [0.29, 0.717) is 5.88 Å². The van der Waals surface area contributed by atoms with Gasteiger partial charge < -0.3 is 9.64 Å². The summed E-state index contributed by atoms with van der Waals surface area (Å²) in [6, 6.07) is 0. The maximum Gasteiger partial charge on any atom is 0.185 e. The van der Waals surface area contributed by atoms with Gasteiger partial charge in [0.1, 0.15) is 0 Å². The normalized spacial score (nSPS) is 22.8. The van der Waals surface area contributed by atoms with E-state index < -0.39 is 0 Å². The molecular formula is C10H15ClN2OS. The minimum Gasteiger partial charge on any atom is -0.377 e. The van der Waals surface area contributed by atoms with Gasteiger partial charge in [-0.1, -0.05) is 0 Å². The van der Waals surface area contributed by atoms with Crippen molar-refractivity contribution in [3.05, 3.63) is 11.1 Å². The first-order valence-corrected chi connectivity index (χ1v) is 6.52. The van der Waals surface area contributed by atoms with E-state index in [2.05, 4.69) is 16.8 Å². The first-order chi connectivity index (χ1) is 7.29. The fraction of sp³-hybridized carbons (Fsp3) is 0.700. The molecule has 0 saturated carbocycles. The van der Waals surface area contributed by atoms with Crippen LogP contribution in [0.4, 0.5) is 5.13 Å². The topological polar surface area (TPSA) is 25.4 Å². The van der Waals surface area contributed by atoms with Crippen molar-refractivity contribution in [2.24, 2.45) is 0 Å². The van der Waals surface area contributed by atoms with E-state index in [1.54, 1.807) is 11.3 Å². The number of ether oxygens (including phenoxy) is 1. The van der Waals surface area contributed by atoms with Gasteiger partial charge in [-0.05, 0) is 13.3 Å². The van der Waals surface area contributed by atoms with Crippen LogP contribution < -0.4 is 4.90 Å². The van der Waals surface area contributed by atoms with E-state index in [0.717, 1.165) is 36.1 Å². The number of rotatable bonds is 2. The van der Waals surface area contributed by atoms with Crippen molar-refractivity contribution in [1.82, 2.24) is 4.98 Å². The number of nitrogens with zero attached hydrogens (tertiary/aromatic N) is 2. The Morgan fingerprint density at radius 3 is 3.33 bits per heavy atom. The lowest BCUT2D eigenvalue weighted by molar-refractivity contribution is 0.0821. The lowest BCUT2D eigenvalue weighted by Crippen LogP contribution is -2.29. The first kappa shape index (κ1) is 11.2. The SMILES string of the molecule is CC1CN(c2ncc(CCl)s2)CCCO1. The first-order valence-electron chi connectivity index (χ1n) is 5.17. The molecule has 2 heterocycles. The fourth-order valence-corrected chi connectivity index (χ4v) is 2.70. The van der Waals surface area contributed by atoms with Gasteiger partial charge in [0.25, 0.3) is 0 Å². The van der Waals surface area contributed by atoms with Gasteiger partial charge >= 0.3 is 0 Å². The van der Waals surface area contributed by atoms with Crippen LogP contribution in [0, 0.1) is 0 Å². The van der Waals surface area contributed by atoms with Crippen molar-refractivity contribution in [1.29, 1.82) is 0 Å². The zero-order valence-electron chi connectivity index (χ0n) is 8.78. The molecule has 1 aromatic rings. The molecule has 1 unspecified atom stereocenters. The van der Waals surface area contributed by atoms with Crippen LogP contribution in [-0.4, -0.2) is 30.8 Å². The number of alkyl halides is 1. The van der Waals surface area contributed by atoms with Gasteiger partial charge in [0.2, 0.25) is 0 Å². The lowest BCUT2D eigenvalue weighted by atomic mass is 10.4. The Morgan fingerprint density at radius 1 is 1.73 bits per heavy atom. The van der Waals surface area contributed by atoms with E-state index in [9.17, 15) is 0 Å². The van der Waals surface area contributed by atoms with Crippen LogP contribution in [0.1, 0.15) is 18.2 Å². The highest BCUT2D eigenvalue weighted by atomic mass is 35.5. The Morgan fingerprint density at radius 2 is 2.60 bits per heavy atom. The van der Waals surface area contributed by atoms with Gasteiger partial charge in [0, 0.05) is 30.8 Å². The Balaban J connectivity index is 2.07. The summed E-state index contributed by atoms with van der Waals surface area (Å²) in [4.78, 5) is 7.81. The number of hydrogen-bond acceptors (Lipinski definition) is 4. The molecule has 1 aromatic heterocycles. The maximum atomic E-state index is 5.77. The van der Waals surface area contributed by atoms with E-state index >= 15 is 0 Å². The third-order valence-corrected chi connectivity index (χ3v) is 3.90. The highest BCUT2D eigenvalue weighted by Gasteiger charge is 2.17. The van der Waals surface area contributed by atoms with Gasteiger partial charge in [0.15, 0.2) is 5.13 Å². The molecule has 0 aliphatic carbocycles. The molecule has 0 aromatic carbocycles. The lowest BCUT2D eigenvalue weighted by Gasteiger charge is -2.20. The molecule has 0 spiro atoms. The predicted molar refractivity (Wildman–Crippen MR) is 63.9 cm³/mol. The second-order valence-electron chi connectivity index (χ2n) is 3.72. The van der Waals surface area contributed by atoms with Crippen LogP contribution in [0.3, 0.4) is 0 Å². The Kier molecular flexibility index (Phi) is 3.83.